The predicted octanol–water partition coefficient (Wildman–Crippen LogP) is 1.75. The number of hydrogen-bond acceptors (Lipinski definition) is 8. The highest BCUT2D eigenvalue weighted by molar-refractivity contribution is 7.98. The quantitative estimate of drug-likeness (QED) is 0.334. The van der Waals surface area contributed by atoms with Crippen LogP contribution in [0.4, 0.5) is 0 Å². The second-order valence-electron chi connectivity index (χ2n) is 4.81. The van der Waals surface area contributed by atoms with Crippen LogP contribution < -0.4 is 14.9 Å². The van der Waals surface area contributed by atoms with Crippen molar-refractivity contribution in [3.8, 4) is 17.4 Å². The number of para-hydroxylation sites is 1. The van der Waals surface area contributed by atoms with Crippen molar-refractivity contribution in [1.29, 1.82) is 0 Å². The number of carbonyl (C=O) groups excluding carboxylic acids is 1. The normalized spacial score (nSPS) is 10.7. The van der Waals surface area contributed by atoms with E-state index in [1.807, 2.05) is 13.2 Å². The molecule has 9 heteroatoms. The van der Waals surface area contributed by atoms with Gasteiger partial charge < -0.3 is 14.6 Å². The van der Waals surface area contributed by atoms with Crippen molar-refractivity contribution >= 4 is 23.9 Å². The van der Waals surface area contributed by atoms with Crippen LogP contribution in [0.25, 0.3) is 0 Å². The Balaban J connectivity index is 1.90. The fraction of sp³-hybridized carbons (Fsp3) is 0.250. The number of amides is 1. The molecule has 0 aliphatic carbocycles. The number of phenolic OH excluding ortho intramolecular Hbond substituents is 1. The molecule has 2 N–H and O–H groups in total. The number of aryl methyl sites for hydroxylation is 1. The van der Waals surface area contributed by atoms with Gasteiger partial charge in [-0.15, -0.1) is 0 Å². The molecule has 0 spiro atoms. The highest BCUT2D eigenvalue weighted by Gasteiger charge is 2.07. The van der Waals surface area contributed by atoms with Gasteiger partial charge in [0, 0.05) is 17.3 Å². The summed E-state index contributed by atoms with van der Waals surface area (Å²) in [4.78, 5) is 20.1. The van der Waals surface area contributed by atoms with E-state index < -0.39 is 5.91 Å². The van der Waals surface area contributed by atoms with E-state index in [9.17, 15) is 9.90 Å². The minimum atomic E-state index is -0.458. The average molecular weight is 362 g/mol. The average Bonchev–Trinajstić information content (AvgIpc) is 2.61. The molecular weight excluding hydrogens is 344 g/mol. The number of nitrogens with zero attached hydrogens (tertiary/aromatic N) is 3. The highest BCUT2D eigenvalue weighted by atomic mass is 32.2. The van der Waals surface area contributed by atoms with Crippen LogP contribution >= 0.6 is 11.8 Å². The van der Waals surface area contributed by atoms with Crippen LogP contribution in [0, 0.1) is 6.92 Å². The van der Waals surface area contributed by atoms with Gasteiger partial charge in [0.15, 0.2) is 23.3 Å². The molecule has 0 fully saturated rings. The van der Waals surface area contributed by atoms with Crippen molar-refractivity contribution in [3.05, 3.63) is 35.5 Å². The Labute approximate surface area is 149 Å². The maximum absolute atomic E-state index is 11.8. The molecule has 0 atom stereocenters. The molecule has 0 aliphatic rings. The van der Waals surface area contributed by atoms with Crippen LogP contribution in [0.3, 0.4) is 0 Å². The lowest BCUT2D eigenvalue weighted by molar-refractivity contribution is -0.123. The number of ether oxygens (including phenoxy) is 2. The Morgan fingerprint density at radius 2 is 2.24 bits per heavy atom. The van der Waals surface area contributed by atoms with Gasteiger partial charge in [-0.25, -0.2) is 10.4 Å². The molecule has 2 aromatic rings. The molecule has 1 aromatic heterocycles. The minimum absolute atomic E-state index is 0.0553. The third-order valence-electron chi connectivity index (χ3n) is 2.99. The predicted molar refractivity (Wildman–Crippen MR) is 94.4 cm³/mol. The third-order valence-corrected chi connectivity index (χ3v) is 3.53. The molecule has 0 saturated heterocycles. The summed E-state index contributed by atoms with van der Waals surface area (Å²) in [5.41, 5.74) is 3.48. The first-order valence-corrected chi connectivity index (χ1v) is 8.46. The van der Waals surface area contributed by atoms with Crippen LogP contribution in [0.15, 0.2) is 34.5 Å². The number of hydrogen-bond donors (Lipinski definition) is 2. The molecule has 0 unspecified atom stereocenters. The van der Waals surface area contributed by atoms with Gasteiger partial charge >= 0.3 is 0 Å². The van der Waals surface area contributed by atoms with Gasteiger partial charge in [0.1, 0.15) is 0 Å². The molecule has 25 heavy (non-hydrogen) atoms. The lowest BCUT2D eigenvalue weighted by Gasteiger charge is -2.06. The molecule has 0 aliphatic heterocycles. The largest absolute Gasteiger partial charge is 0.504 e. The first-order valence-electron chi connectivity index (χ1n) is 7.24. The van der Waals surface area contributed by atoms with Crippen molar-refractivity contribution in [1.82, 2.24) is 15.4 Å². The molecule has 132 valence electrons. The van der Waals surface area contributed by atoms with Gasteiger partial charge in [-0.05, 0) is 25.3 Å². The number of aromatic nitrogens is 2. The van der Waals surface area contributed by atoms with E-state index in [0.717, 1.165) is 5.69 Å². The Bertz CT molecular complexity index is 783. The molecule has 1 amide bonds. The summed E-state index contributed by atoms with van der Waals surface area (Å²) in [5, 5.41) is 14.3. The van der Waals surface area contributed by atoms with E-state index in [0.29, 0.717) is 22.3 Å². The van der Waals surface area contributed by atoms with E-state index in [4.69, 9.17) is 9.47 Å². The zero-order valence-electron chi connectivity index (χ0n) is 14.0. The molecule has 8 nitrogen and oxygen atoms in total. The van der Waals surface area contributed by atoms with E-state index in [1.165, 1.54) is 25.1 Å². The van der Waals surface area contributed by atoms with Gasteiger partial charge in [-0.2, -0.15) is 10.1 Å². The lowest BCUT2D eigenvalue weighted by atomic mass is 10.2. The molecule has 2 rings (SSSR count). The minimum Gasteiger partial charge on any atom is -0.504 e. The van der Waals surface area contributed by atoms with Gasteiger partial charge in [-0.3, -0.25) is 4.79 Å². The zero-order valence-corrected chi connectivity index (χ0v) is 14.8. The Morgan fingerprint density at radius 3 is 2.96 bits per heavy atom. The maximum Gasteiger partial charge on any atom is 0.278 e. The maximum atomic E-state index is 11.8. The number of nitrogens with one attached hydrogen (secondary N) is 1. The van der Waals surface area contributed by atoms with Crippen molar-refractivity contribution in [2.45, 2.75) is 12.1 Å². The smallest absolute Gasteiger partial charge is 0.278 e. The van der Waals surface area contributed by atoms with Gasteiger partial charge in [0.05, 0.1) is 13.3 Å². The first-order chi connectivity index (χ1) is 12.0. The molecule has 1 heterocycles. The number of carbonyl (C=O) groups is 1. The molecular formula is C16H18N4O4S. The van der Waals surface area contributed by atoms with Crippen LogP contribution in [-0.4, -0.2) is 47.2 Å². The number of aromatic hydroxyl groups is 1. The summed E-state index contributed by atoms with van der Waals surface area (Å²) < 4.78 is 10.3. The highest BCUT2D eigenvalue weighted by Crippen LogP contribution is 2.27. The topological polar surface area (TPSA) is 106 Å². The van der Waals surface area contributed by atoms with Crippen LogP contribution in [0.1, 0.15) is 11.3 Å². The second kappa shape index (κ2) is 8.88. The van der Waals surface area contributed by atoms with Gasteiger partial charge in [-0.1, -0.05) is 17.8 Å². The van der Waals surface area contributed by atoms with Crippen LogP contribution in [0.5, 0.6) is 17.4 Å². The lowest BCUT2D eigenvalue weighted by Crippen LogP contribution is -2.25. The number of thioether (sulfide) groups is 1. The first kappa shape index (κ1) is 18.5. The second-order valence-corrected chi connectivity index (χ2v) is 5.59. The third kappa shape index (κ3) is 5.35. The van der Waals surface area contributed by atoms with Crippen molar-refractivity contribution in [3.63, 3.8) is 0 Å². The fourth-order valence-corrected chi connectivity index (χ4v) is 2.25. The van der Waals surface area contributed by atoms with Crippen molar-refractivity contribution in [2.75, 3.05) is 20.0 Å². The molecule has 0 saturated carbocycles. The van der Waals surface area contributed by atoms with Crippen molar-refractivity contribution < 1.29 is 19.4 Å². The summed E-state index contributed by atoms with van der Waals surface area (Å²) in [7, 11) is 1.45. The number of hydrazone groups is 1. The number of benzene rings is 1. The number of phenols is 1. The molecule has 0 bridgehead atoms. The monoisotopic (exact) mass is 362 g/mol. The van der Waals surface area contributed by atoms with Crippen LogP contribution in [0.2, 0.25) is 0 Å². The number of rotatable bonds is 7. The zero-order chi connectivity index (χ0) is 18.2. The van der Waals surface area contributed by atoms with E-state index in [1.54, 1.807) is 24.3 Å². The summed E-state index contributed by atoms with van der Waals surface area (Å²) in [5.74, 6) is 0.129. The summed E-state index contributed by atoms with van der Waals surface area (Å²) in [6.07, 6.45) is 3.17. The summed E-state index contributed by atoms with van der Waals surface area (Å²) in [6.45, 7) is 1.57. The summed E-state index contributed by atoms with van der Waals surface area (Å²) in [6, 6.07) is 6.60. The number of methoxy groups -OCH3 is 1. The Hall–Kier alpha value is -2.81. The van der Waals surface area contributed by atoms with Crippen LogP contribution in [-0.2, 0) is 4.79 Å². The van der Waals surface area contributed by atoms with E-state index >= 15 is 0 Å². The molecule has 0 radical (unpaired) electrons. The Morgan fingerprint density at radius 1 is 1.44 bits per heavy atom. The van der Waals surface area contributed by atoms with Crippen molar-refractivity contribution in [2.24, 2.45) is 5.10 Å². The van der Waals surface area contributed by atoms with E-state index in [2.05, 4.69) is 20.5 Å². The Kier molecular flexibility index (Phi) is 6.58. The van der Waals surface area contributed by atoms with E-state index in [-0.39, 0.29) is 12.4 Å². The van der Waals surface area contributed by atoms with Gasteiger partial charge in [0.2, 0.25) is 5.88 Å². The SMILES string of the molecule is COc1cccc(C=NNC(=O)COc2cc(C)nc(SC)n2)c1O. The standard InChI is InChI=1S/C16H18N4O4S/c1-10-7-14(19-16(18-10)25-3)24-9-13(21)20-17-8-11-5-4-6-12(23-2)15(11)22/h4-8,22H,9H2,1-3H3,(H,20,21). The van der Waals surface area contributed by atoms with Gasteiger partial charge in [0.25, 0.3) is 5.91 Å². The molecule has 1 aromatic carbocycles. The fourth-order valence-electron chi connectivity index (χ4n) is 1.83. The summed E-state index contributed by atoms with van der Waals surface area (Å²) >= 11 is 1.39.